The van der Waals surface area contributed by atoms with Gasteiger partial charge in [0, 0.05) is 24.2 Å². The molecule has 1 aromatic carbocycles. The summed E-state index contributed by atoms with van der Waals surface area (Å²) >= 11 is 0. The molecule has 2 N–H and O–H groups in total. The van der Waals surface area contributed by atoms with Crippen LogP contribution in [0.15, 0.2) is 24.3 Å². The standard InChI is InChI=1S/C15H21N3O3/c1-3-14(11-5-4-6-13(9-11)18(20)21)16-10(2)15(19)17-12-7-8-12/h4-6,9-10,12,14,16H,3,7-8H2,1-2H3,(H,17,19). The average Bonchev–Trinajstić information content (AvgIpc) is 3.28. The van der Waals surface area contributed by atoms with Crippen LogP contribution in [0.25, 0.3) is 0 Å². The lowest BCUT2D eigenvalue weighted by molar-refractivity contribution is -0.384. The van der Waals surface area contributed by atoms with Crippen LogP contribution < -0.4 is 10.6 Å². The van der Waals surface area contributed by atoms with Crippen molar-refractivity contribution in [1.29, 1.82) is 0 Å². The van der Waals surface area contributed by atoms with E-state index in [1.54, 1.807) is 12.1 Å². The van der Waals surface area contributed by atoms with Crippen molar-refractivity contribution in [1.82, 2.24) is 10.6 Å². The van der Waals surface area contributed by atoms with Gasteiger partial charge in [-0.15, -0.1) is 0 Å². The number of carbonyl (C=O) groups is 1. The van der Waals surface area contributed by atoms with Gasteiger partial charge < -0.3 is 5.32 Å². The van der Waals surface area contributed by atoms with Gasteiger partial charge in [0.1, 0.15) is 0 Å². The molecule has 114 valence electrons. The molecule has 0 saturated heterocycles. The highest BCUT2D eigenvalue weighted by Gasteiger charge is 2.26. The van der Waals surface area contributed by atoms with Gasteiger partial charge in [0.2, 0.25) is 5.91 Å². The lowest BCUT2D eigenvalue weighted by Crippen LogP contribution is -2.44. The molecule has 0 aromatic heterocycles. The van der Waals surface area contributed by atoms with E-state index in [9.17, 15) is 14.9 Å². The summed E-state index contributed by atoms with van der Waals surface area (Å²) in [6.45, 7) is 3.81. The monoisotopic (exact) mass is 291 g/mol. The van der Waals surface area contributed by atoms with Gasteiger partial charge in [-0.2, -0.15) is 0 Å². The van der Waals surface area contributed by atoms with E-state index < -0.39 is 4.92 Å². The first kappa shape index (κ1) is 15.4. The molecule has 6 nitrogen and oxygen atoms in total. The van der Waals surface area contributed by atoms with Gasteiger partial charge in [-0.05, 0) is 31.7 Å². The number of carbonyl (C=O) groups excluding carboxylic acids is 1. The van der Waals surface area contributed by atoms with Gasteiger partial charge in [0.05, 0.1) is 11.0 Å². The molecule has 2 rings (SSSR count). The zero-order valence-electron chi connectivity index (χ0n) is 12.3. The molecule has 0 radical (unpaired) electrons. The highest BCUT2D eigenvalue weighted by Crippen LogP contribution is 2.22. The minimum atomic E-state index is -0.403. The summed E-state index contributed by atoms with van der Waals surface area (Å²) in [5.74, 6) is -0.0126. The summed E-state index contributed by atoms with van der Waals surface area (Å²) in [5, 5.41) is 17.0. The van der Waals surface area contributed by atoms with Gasteiger partial charge >= 0.3 is 0 Å². The van der Waals surface area contributed by atoms with Crippen molar-refractivity contribution in [2.75, 3.05) is 0 Å². The molecule has 1 aliphatic carbocycles. The number of non-ortho nitro benzene ring substituents is 1. The molecule has 1 fully saturated rings. The van der Waals surface area contributed by atoms with Crippen molar-refractivity contribution in [2.45, 2.75) is 51.2 Å². The van der Waals surface area contributed by atoms with Crippen LogP contribution in [0, 0.1) is 10.1 Å². The molecule has 1 aromatic rings. The van der Waals surface area contributed by atoms with Crippen LogP contribution in [0.5, 0.6) is 0 Å². The summed E-state index contributed by atoms with van der Waals surface area (Å²) < 4.78 is 0. The molecule has 2 unspecified atom stereocenters. The summed E-state index contributed by atoms with van der Waals surface area (Å²) in [5.41, 5.74) is 0.903. The second-order valence-electron chi connectivity index (χ2n) is 5.48. The number of benzene rings is 1. The Hall–Kier alpha value is -1.95. The van der Waals surface area contributed by atoms with Gasteiger partial charge in [-0.3, -0.25) is 20.2 Å². The van der Waals surface area contributed by atoms with Crippen LogP contribution >= 0.6 is 0 Å². The number of hydrogen-bond acceptors (Lipinski definition) is 4. The summed E-state index contributed by atoms with van der Waals surface area (Å²) in [7, 11) is 0. The van der Waals surface area contributed by atoms with E-state index in [-0.39, 0.29) is 23.7 Å². The van der Waals surface area contributed by atoms with Crippen LogP contribution in [0.3, 0.4) is 0 Å². The SMILES string of the molecule is CCC(NC(C)C(=O)NC1CC1)c1cccc([N+](=O)[O-])c1. The van der Waals surface area contributed by atoms with Gasteiger partial charge in [0.25, 0.3) is 5.69 Å². The Morgan fingerprint density at radius 1 is 1.48 bits per heavy atom. The van der Waals surface area contributed by atoms with Crippen molar-refractivity contribution in [3.05, 3.63) is 39.9 Å². The predicted octanol–water partition coefficient (Wildman–Crippen LogP) is 2.30. The lowest BCUT2D eigenvalue weighted by Gasteiger charge is -2.22. The molecule has 0 spiro atoms. The third kappa shape index (κ3) is 4.26. The third-order valence-electron chi connectivity index (χ3n) is 3.66. The average molecular weight is 291 g/mol. The van der Waals surface area contributed by atoms with Gasteiger partial charge in [-0.25, -0.2) is 0 Å². The highest BCUT2D eigenvalue weighted by atomic mass is 16.6. The third-order valence-corrected chi connectivity index (χ3v) is 3.66. The van der Waals surface area contributed by atoms with Crippen molar-refractivity contribution < 1.29 is 9.72 Å². The Kier molecular flexibility index (Phi) is 4.90. The predicted molar refractivity (Wildman–Crippen MR) is 79.9 cm³/mol. The number of nitro groups is 1. The van der Waals surface area contributed by atoms with Crippen molar-refractivity contribution in [2.24, 2.45) is 0 Å². The van der Waals surface area contributed by atoms with E-state index in [1.165, 1.54) is 6.07 Å². The van der Waals surface area contributed by atoms with Crippen molar-refractivity contribution >= 4 is 11.6 Å². The zero-order valence-corrected chi connectivity index (χ0v) is 12.3. The van der Waals surface area contributed by atoms with Crippen molar-refractivity contribution in [3.63, 3.8) is 0 Å². The van der Waals surface area contributed by atoms with Gasteiger partial charge in [0.15, 0.2) is 0 Å². The molecule has 0 heterocycles. The van der Waals surface area contributed by atoms with Gasteiger partial charge in [-0.1, -0.05) is 19.1 Å². The van der Waals surface area contributed by atoms with Crippen LogP contribution in [0.2, 0.25) is 0 Å². The maximum Gasteiger partial charge on any atom is 0.269 e. The largest absolute Gasteiger partial charge is 0.352 e. The smallest absolute Gasteiger partial charge is 0.269 e. The maximum absolute atomic E-state index is 12.0. The van der Waals surface area contributed by atoms with Crippen LogP contribution in [-0.2, 0) is 4.79 Å². The Morgan fingerprint density at radius 3 is 2.76 bits per heavy atom. The number of hydrogen-bond donors (Lipinski definition) is 2. The fourth-order valence-electron chi connectivity index (χ4n) is 2.24. The minimum absolute atomic E-state index is 0.0126. The van der Waals surface area contributed by atoms with E-state index in [0.29, 0.717) is 6.04 Å². The first-order valence-electron chi connectivity index (χ1n) is 7.32. The Labute approximate surface area is 124 Å². The van der Waals surface area contributed by atoms with Crippen LogP contribution in [-0.4, -0.2) is 22.9 Å². The van der Waals surface area contributed by atoms with E-state index in [0.717, 1.165) is 24.8 Å². The Balaban J connectivity index is 2.02. The first-order valence-corrected chi connectivity index (χ1v) is 7.32. The fourth-order valence-corrected chi connectivity index (χ4v) is 2.24. The maximum atomic E-state index is 12.0. The molecule has 1 aliphatic rings. The number of amides is 1. The lowest BCUT2D eigenvalue weighted by atomic mass is 10.0. The molecule has 2 atom stereocenters. The number of nitrogens with one attached hydrogen (secondary N) is 2. The first-order chi connectivity index (χ1) is 10.0. The Morgan fingerprint density at radius 2 is 2.19 bits per heavy atom. The molecular formula is C15H21N3O3. The molecule has 21 heavy (non-hydrogen) atoms. The molecule has 0 bridgehead atoms. The zero-order chi connectivity index (χ0) is 15.4. The van der Waals surface area contributed by atoms with Crippen LogP contribution in [0.4, 0.5) is 5.69 Å². The molecular weight excluding hydrogens is 270 g/mol. The number of nitrogens with zero attached hydrogens (tertiary/aromatic N) is 1. The molecule has 1 amide bonds. The van der Waals surface area contributed by atoms with E-state index in [2.05, 4.69) is 10.6 Å². The van der Waals surface area contributed by atoms with Crippen molar-refractivity contribution in [3.8, 4) is 0 Å². The quantitative estimate of drug-likeness (QED) is 0.596. The minimum Gasteiger partial charge on any atom is -0.352 e. The van der Waals surface area contributed by atoms with Crippen LogP contribution in [0.1, 0.15) is 44.7 Å². The van der Waals surface area contributed by atoms with E-state index >= 15 is 0 Å². The Bertz CT molecular complexity index is 529. The second-order valence-corrected chi connectivity index (χ2v) is 5.48. The second kappa shape index (κ2) is 6.67. The van der Waals surface area contributed by atoms with E-state index in [1.807, 2.05) is 19.9 Å². The topological polar surface area (TPSA) is 84.3 Å². The summed E-state index contributed by atoms with van der Waals surface area (Å²) in [6, 6.07) is 6.48. The number of nitro benzene ring substituents is 1. The highest BCUT2D eigenvalue weighted by molar-refractivity contribution is 5.81. The normalized spacial score (nSPS) is 17.0. The molecule has 1 saturated carbocycles. The van der Waals surface area contributed by atoms with E-state index in [4.69, 9.17) is 0 Å². The number of rotatable bonds is 7. The summed E-state index contributed by atoms with van der Waals surface area (Å²) in [4.78, 5) is 22.4. The molecule has 6 heteroatoms. The fraction of sp³-hybridized carbons (Fsp3) is 0.533. The summed E-state index contributed by atoms with van der Waals surface area (Å²) in [6.07, 6.45) is 2.86. The molecule has 0 aliphatic heterocycles.